The van der Waals surface area contributed by atoms with E-state index in [4.69, 9.17) is 16.3 Å². The lowest BCUT2D eigenvalue weighted by atomic mass is 9.80. The van der Waals surface area contributed by atoms with Crippen LogP contribution in [0, 0.1) is 0 Å². The molecule has 3 rings (SSSR count). The summed E-state index contributed by atoms with van der Waals surface area (Å²) in [4.78, 5) is 4.66. The van der Waals surface area contributed by atoms with Crippen molar-refractivity contribution >= 4 is 17.6 Å². The highest BCUT2D eigenvalue weighted by molar-refractivity contribution is 6.31. The Morgan fingerprint density at radius 2 is 2.14 bits per heavy atom. The van der Waals surface area contributed by atoms with Gasteiger partial charge in [-0.05, 0) is 31.9 Å². The molecule has 110 valence electrons. The predicted octanol–water partition coefficient (Wildman–Crippen LogP) is 3.72. The van der Waals surface area contributed by atoms with E-state index in [1.54, 1.807) is 0 Å². The highest BCUT2D eigenvalue weighted by atomic mass is 35.5. The number of fused-ring (bicyclic) bond motifs is 1. The average Bonchev–Trinajstić information content (AvgIpc) is 2.49. The van der Waals surface area contributed by atoms with E-state index in [0.29, 0.717) is 6.02 Å². The van der Waals surface area contributed by atoms with Crippen LogP contribution >= 0.6 is 11.6 Å². The first kappa shape index (κ1) is 14.2. The molecule has 2 atom stereocenters. The van der Waals surface area contributed by atoms with Gasteiger partial charge in [-0.2, -0.15) is 0 Å². The minimum atomic E-state index is -0.542. The molecule has 2 aliphatic rings. The number of rotatable bonds is 2. The number of halogens is 1. The predicted molar refractivity (Wildman–Crippen MR) is 86.4 cm³/mol. The summed E-state index contributed by atoms with van der Waals surface area (Å²) in [6, 6.07) is 10.9. The number of nitrogens with zero attached hydrogens (tertiary/aromatic N) is 1. The zero-order valence-electron chi connectivity index (χ0n) is 12.3. The van der Waals surface area contributed by atoms with Gasteiger partial charge in [0.2, 0.25) is 0 Å². The van der Waals surface area contributed by atoms with Gasteiger partial charge in [-0.15, -0.1) is 0 Å². The number of hydrogen-bond donors (Lipinski definition) is 1. The molecule has 1 aromatic rings. The summed E-state index contributed by atoms with van der Waals surface area (Å²) in [7, 11) is 0. The van der Waals surface area contributed by atoms with E-state index < -0.39 is 5.60 Å². The van der Waals surface area contributed by atoms with Gasteiger partial charge in [0.15, 0.2) is 5.60 Å². The second kappa shape index (κ2) is 5.57. The molecule has 0 spiro atoms. The van der Waals surface area contributed by atoms with Gasteiger partial charge in [0.05, 0.1) is 6.04 Å². The fourth-order valence-electron chi connectivity index (χ4n) is 2.87. The third-order valence-electron chi connectivity index (χ3n) is 3.97. The molecular weight excluding hydrogens is 284 g/mol. The van der Waals surface area contributed by atoms with E-state index in [9.17, 15) is 0 Å². The Bertz CT molecular complexity index is 621. The van der Waals surface area contributed by atoms with Crippen molar-refractivity contribution in [1.82, 2.24) is 5.32 Å². The number of aliphatic imine (C=N–C) groups is 1. The Labute approximate surface area is 130 Å². The molecule has 1 N–H and O–H groups in total. The van der Waals surface area contributed by atoms with E-state index in [2.05, 4.69) is 29.4 Å². The standard InChI is InChI=1S/C17H19ClN2O/c1-3-19-16-20-15-10-9-13(18)11-14(15)17(2,21-16)12-7-5-4-6-8-12/h4-9,11,15H,3,10H2,1-2H3,(H,19,20). The van der Waals surface area contributed by atoms with E-state index in [1.165, 1.54) is 0 Å². The highest BCUT2D eigenvalue weighted by Gasteiger charge is 2.42. The van der Waals surface area contributed by atoms with Gasteiger partial charge < -0.3 is 10.1 Å². The van der Waals surface area contributed by atoms with Crippen molar-refractivity contribution < 1.29 is 4.74 Å². The first-order valence-corrected chi connectivity index (χ1v) is 7.65. The third-order valence-corrected chi connectivity index (χ3v) is 4.23. The number of amidine groups is 1. The monoisotopic (exact) mass is 302 g/mol. The fourth-order valence-corrected chi connectivity index (χ4v) is 3.07. The molecule has 21 heavy (non-hydrogen) atoms. The lowest BCUT2D eigenvalue weighted by Gasteiger charge is -2.41. The summed E-state index contributed by atoms with van der Waals surface area (Å²) in [6.07, 6.45) is 4.82. The Morgan fingerprint density at radius 1 is 1.38 bits per heavy atom. The van der Waals surface area contributed by atoms with Gasteiger partial charge in [0, 0.05) is 17.2 Å². The van der Waals surface area contributed by atoms with E-state index in [1.807, 2.05) is 37.3 Å². The lowest BCUT2D eigenvalue weighted by Crippen LogP contribution is -2.45. The van der Waals surface area contributed by atoms with Crippen molar-refractivity contribution in [2.45, 2.75) is 31.9 Å². The molecule has 0 aromatic heterocycles. The molecule has 4 heteroatoms. The van der Waals surface area contributed by atoms with Crippen molar-refractivity contribution in [1.29, 1.82) is 0 Å². The molecule has 1 aliphatic carbocycles. The highest BCUT2D eigenvalue weighted by Crippen LogP contribution is 2.42. The number of allylic oxidation sites excluding steroid dienone is 2. The summed E-state index contributed by atoms with van der Waals surface area (Å²) in [5.41, 5.74) is 1.68. The average molecular weight is 303 g/mol. The summed E-state index contributed by atoms with van der Waals surface area (Å²) in [5.74, 6) is 0. The first-order chi connectivity index (χ1) is 10.1. The van der Waals surface area contributed by atoms with Crippen molar-refractivity contribution in [2.24, 2.45) is 4.99 Å². The van der Waals surface area contributed by atoms with E-state index in [-0.39, 0.29) is 6.04 Å². The molecule has 1 aliphatic heterocycles. The minimum Gasteiger partial charge on any atom is -0.449 e. The lowest BCUT2D eigenvalue weighted by molar-refractivity contribution is 0.0853. The maximum atomic E-state index is 6.21. The summed E-state index contributed by atoms with van der Waals surface area (Å²) < 4.78 is 6.20. The largest absolute Gasteiger partial charge is 0.449 e. The molecule has 0 radical (unpaired) electrons. The van der Waals surface area contributed by atoms with Gasteiger partial charge >= 0.3 is 0 Å². The number of benzene rings is 1. The van der Waals surface area contributed by atoms with Crippen LogP contribution in [-0.2, 0) is 10.3 Å². The molecule has 3 nitrogen and oxygen atoms in total. The van der Waals surface area contributed by atoms with E-state index >= 15 is 0 Å². The molecule has 1 heterocycles. The topological polar surface area (TPSA) is 33.6 Å². The van der Waals surface area contributed by atoms with Crippen LogP contribution in [0.15, 0.2) is 58.1 Å². The smallest absolute Gasteiger partial charge is 0.286 e. The first-order valence-electron chi connectivity index (χ1n) is 7.27. The van der Waals surface area contributed by atoms with Crippen molar-refractivity contribution in [3.63, 3.8) is 0 Å². The van der Waals surface area contributed by atoms with Gasteiger partial charge in [0.25, 0.3) is 6.02 Å². The van der Waals surface area contributed by atoms with Crippen molar-refractivity contribution in [3.8, 4) is 0 Å². The molecular formula is C17H19ClN2O. The van der Waals surface area contributed by atoms with Crippen LogP contribution in [0.1, 0.15) is 25.8 Å². The van der Waals surface area contributed by atoms with Crippen LogP contribution in [0.4, 0.5) is 0 Å². The molecule has 0 saturated heterocycles. The van der Waals surface area contributed by atoms with E-state index in [0.717, 1.165) is 29.1 Å². The van der Waals surface area contributed by atoms with Crippen LogP contribution < -0.4 is 5.32 Å². The van der Waals surface area contributed by atoms with Gasteiger partial charge in [0.1, 0.15) is 0 Å². The summed E-state index contributed by atoms with van der Waals surface area (Å²) >= 11 is 6.21. The maximum Gasteiger partial charge on any atom is 0.286 e. The molecule has 0 amide bonds. The fraction of sp³-hybridized carbons (Fsp3) is 0.353. The SMILES string of the molecule is CCNC1=NC2CC=C(Cl)C=C2C(C)(c2ccccc2)O1. The molecule has 0 bridgehead atoms. The van der Waals surface area contributed by atoms with Gasteiger partial charge in [-0.1, -0.05) is 48.0 Å². The number of hydrogen-bond acceptors (Lipinski definition) is 3. The second-order valence-electron chi connectivity index (χ2n) is 5.41. The number of ether oxygens (including phenoxy) is 1. The number of nitrogens with one attached hydrogen (secondary N) is 1. The molecule has 0 fully saturated rings. The molecule has 1 aromatic carbocycles. The second-order valence-corrected chi connectivity index (χ2v) is 5.84. The normalized spacial score (nSPS) is 27.8. The minimum absolute atomic E-state index is 0.0838. The summed E-state index contributed by atoms with van der Waals surface area (Å²) in [6.45, 7) is 4.91. The van der Waals surface area contributed by atoms with Gasteiger partial charge in [-0.3, -0.25) is 0 Å². The Kier molecular flexibility index (Phi) is 3.77. The zero-order chi connectivity index (χ0) is 14.9. The van der Waals surface area contributed by atoms with Gasteiger partial charge in [-0.25, -0.2) is 4.99 Å². The molecule has 2 unspecified atom stereocenters. The van der Waals surface area contributed by atoms with Crippen LogP contribution in [0.5, 0.6) is 0 Å². The Balaban J connectivity index is 2.09. The maximum absolute atomic E-state index is 6.21. The van der Waals surface area contributed by atoms with Crippen molar-refractivity contribution in [3.05, 3.63) is 58.7 Å². The zero-order valence-corrected chi connectivity index (χ0v) is 13.0. The summed E-state index contributed by atoms with van der Waals surface area (Å²) in [5, 5.41) is 3.96. The van der Waals surface area contributed by atoms with Crippen LogP contribution in [-0.4, -0.2) is 18.6 Å². The van der Waals surface area contributed by atoms with Crippen LogP contribution in [0.25, 0.3) is 0 Å². The van der Waals surface area contributed by atoms with Crippen LogP contribution in [0.2, 0.25) is 0 Å². The van der Waals surface area contributed by atoms with Crippen LogP contribution in [0.3, 0.4) is 0 Å². The molecule has 0 saturated carbocycles. The Hall–Kier alpha value is -1.74. The van der Waals surface area contributed by atoms with Crippen molar-refractivity contribution in [2.75, 3.05) is 6.54 Å². The third kappa shape index (κ3) is 2.58. The Morgan fingerprint density at radius 3 is 2.86 bits per heavy atom. The quantitative estimate of drug-likeness (QED) is 0.903.